The fourth-order valence-electron chi connectivity index (χ4n) is 2.10. The van der Waals surface area contributed by atoms with Crippen molar-refractivity contribution in [1.82, 2.24) is 10.3 Å². The van der Waals surface area contributed by atoms with Crippen LogP contribution in [0, 0.1) is 5.92 Å². The molecule has 1 aromatic carbocycles. The number of nitrogens with one attached hydrogen (secondary N) is 1. The third kappa shape index (κ3) is 4.81. The zero-order chi connectivity index (χ0) is 16.8. The minimum atomic E-state index is -0.296. The van der Waals surface area contributed by atoms with Gasteiger partial charge in [-0.25, -0.2) is 4.98 Å². The molecule has 5 nitrogen and oxygen atoms in total. The number of carbonyl (C=O) groups is 1. The molecule has 0 fully saturated rings. The number of oxazole rings is 1. The van der Waals surface area contributed by atoms with Crippen LogP contribution in [0.5, 0.6) is 0 Å². The Bertz CT molecular complexity index is 640. The number of benzene rings is 1. The van der Waals surface area contributed by atoms with E-state index in [1.54, 1.807) is 0 Å². The molecule has 2 unspecified atom stereocenters. The molecule has 1 aromatic heterocycles. The number of halogens is 1. The van der Waals surface area contributed by atoms with Crippen molar-refractivity contribution in [3.8, 4) is 0 Å². The number of nitrogens with zero attached hydrogens (tertiary/aromatic N) is 1. The van der Waals surface area contributed by atoms with Gasteiger partial charge in [0.15, 0.2) is 5.69 Å². The van der Waals surface area contributed by atoms with Gasteiger partial charge in [0.1, 0.15) is 6.26 Å². The van der Waals surface area contributed by atoms with Crippen molar-refractivity contribution in [3.05, 3.63) is 52.7 Å². The van der Waals surface area contributed by atoms with Crippen LogP contribution in [0.3, 0.4) is 0 Å². The van der Waals surface area contributed by atoms with Gasteiger partial charge in [0.2, 0.25) is 5.89 Å². The lowest BCUT2D eigenvalue weighted by Gasteiger charge is -2.13. The van der Waals surface area contributed by atoms with Crippen molar-refractivity contribution >= 4 is 17.5 Å². The molecule has 1 amide bonds. The summed E-state index contributed by atoms with van der Waals surface area (Å²) >= 11 is 5.84. The molecule has 0 aliphatic rings. The first-order chi connectivity index (χ1) is 11.0. The largest absolute Gasteiger partial charge is 0.446 e. The van der Waals surface area contributed by atoms with E-state index in [0.29, 0.717) is 17.5 Å². The van der Waals surface area contributed by atoms with Crippen LogP contribution in [0.2, 0.25) is 5.02 Å². The van der Waals surface area contributed by atoms with E-state index in [-0.39, 0.29) is 23.6 Å². The summed E-state index contributed by atoms with van der Waals surface area (Å²) in [7, 11) is 0. The fraction of sp³-hybridized carbons (Fsp3) is 0.412. The van der Waals surface area contributed by atoms with Crippen LogP contribution in [-0.2, 0) is 6.42 Å². The predicted molar refractivity (Wildman–Crippen MR) is 90.4 cm³/mol. The zero-order valence-corrected chi connectivity index (χ0v) is 14.1. The summed E-state index contributed by atoms with van der Waals surface area (Å²) in [6, 6.07) is 7.25. The molecule has 2 rings (SSSR count). The topological polar surface area (TPSA) is 81.1 Å². The predicted octanol–water partition coefficient (Wildman–Crippen LogP) is 3.35. The maximum atomic E-state index is 12.1. The van der Waals surface area contributed by atoms with E-state index in [9.17, 15) is 4.79 Å². The molecule has 23 heavy (non-hydrogen) atoms. The number of rotatable bonds is 7. The van der Waals surface area contributed by atoms with E-state index in [1.807, 2.05) is 31.2 Å². The van der Waals surface area contributed by atoms with Crippen molar-refractivity contribution < 1.29 is 9.21 Å². The number of hydrogen-bond acceptors (Lipinski definition) is 4. The minimum Gasteiger partial charge on any atom is -0.446 e. The summed E-state index contributed by atoms with van der Waals surface area (Å²) in [4.78, 5) is 16.3. The molecular weight excluding hydrogens is 314 g/mol. The molecular formula is C17H22ClN3O2. The van der Waals surface area contributed by atoms with Gasteiger partial charge in [-0.05, 0) is 30.0 Å². The monoisotopic (exact) mass is 335 g/mol. The average Bonchev–Trinajstić information content (AvgIpc) is 3.05. The third-order valence-corrected chi connectivity index (χ3v) is 4.16. The van der Waals surface area contributed by atoms with Crippen LogP contribution in [0.15, 0.2) is 34.9 Å². The Hall–Kier alpha value is -1.85. The molecule has 0 bridgehead atoms. The standard InChI is InChI=1S/C17H22ClN3O2/c1-3-11(2)15(19)17-21-14(10-23-17)16(22)20-9-8-12-4-6-13(18)7-5-12/h4-7,10-11,15H,3,8-9,19H2,1-2H3,(H,20,22). The van der Waals surface area contributed by atoms with Gasteiger partial charge in [-0.2, -0.15) is 0 Å². The zero-order valence-electron chi connectivity index (χ0n) is 13.4. The van der Waals surface area contributed by atoms with Gasteiger partial charge in [0.05, 0.1) is 6.04 Å². The highest BCUT2D eigenvalue weighted by Crippen LogP contribution is 2.21. The van der Waals surface area contributed by atoms with Crippen LogP contribution >= 0.6 is 11.6 Å². The average molecular weight is 336 g/mol. The molecule has 0 spiro atoms. The van der Waals surface area contributed by atoms with Gasteiger partial charge in [-0.3, -0.25) is 4.79 Å². The second kappa shape index (κ2) is 8.13. The second-order valence-electron chi connectivity index (χ2n) is 5.61. The Morgan fingerprint density at radius 3 is 2.74 bits per heavy atom. The van der Waals surface area contributed by atoms with Gasteiger partial charge in [-0.15, -0.1) is 0 Å². The Morgan fingerprint density at radius 1 is 1.39 bits per heavy atom. The summed E-state index contributed by atoms with van der Waals surface area (Å²) < 4.78 is 5.34. The smallest absolute Gasteiger partial charge is 0.273 e. The number of aromatic nitrogens is 1. The van der Waals surface area contributed by atoms with Crippen molar-refractivity contribution in [2.75, 3.05) is 6.54 Å². The van der Waals surface area contributed by atoms with E-state index in [0.717, 1.165) is 18.4 Å². The molecule has 0 saturated heterocycles. The van der Waals surface area contributed by atoms with E-state index in [1.165, 1.54) is 6.26 Å². The van der Waals surface area contributed by atoms with Gasteiger partial charge < -0.3 is 15.5 Å². The van der Waals surface area contributed by atoms with Gasteiger partial charge >= 0.3 is 0 Å². The van der Waals surface area contributed by atoms with Gasteiger partial charge in [0.25, 0.3) is 5.91 Å². The second-order valence-corrected chi connectivity index (χ2v) is 6.05. The molecule has 2 atom stereocenters. The van der Waals surface area contributed by atoms with Crippen molar-refractivity contribution in [3.63, 3.8) is 0 Å². The third-order valence-electron chi connectivity index (χ3n) is 3.91. The van der Waals surface area contributed by atoms with E-state index in [2.05, 4.69) is 17.2 Å². The van der Waals surface area contributed by atoms with Crippen LogP contribution in [0.25, 0.3) is 0 Å². The minimum absolute atomic E-state index is 0.245. The lowest BCUT2D eigenvalue weighted by Crippen LogP contribution is -2.26. The first-order valence-corrected chi connectivity index (χ1v) is 8.12. The molecule has 1 heterocycles. The lowest BCUT2D eigenvalue weighted by molar-refractivity contribution is 0.0949. The van der Waals surface area contributed by atoms with E-state index >= 15 is 0 Å². The lowest BCUT2D eigenvalue weighted by atomic mass is 10.0. The Kier molecular flexibility index (Phi) is 6.19. The Balaban J connectivity index is 1.86. The number of hydrogen-bond donors (Lipinski definition) is 2. The molecule has 6 heteroatoms. The highest BCUT2D eigenvalue weighted by Gasteiger charge is 2.20. The van der Waals surface area contributed by atoms with Gasteiger partial charge in [0, 0.05) is 11.6 Å². The summed E-state index contributed by atoms with van der Waals surface area (Å²) in [6.45, 7) is 4.60. The quantitative estimate of drug-likeness (QED) is 0.813. The molecule has 124 valence electrons. The summed E-state index contributed by atoms with van der Waals surface area (Å²) in [5.74, 6) is 0.391. The van der Waals surface area contributed by atoms with Crippen LogP contribution in [0.1, 0.15) is 48.3 Å². The van der Waals surface area contributed by atoms with Crippen LogP contribution in [0.4, 0.5) is 0 Å². The van der Waals surface area contributed by atoms with Crippen molar-refractivity contribution in [1.29, 1.82) is 0 Å². The van der Waals surface area contributed by atoms with Crippen molar-refractivity contribution in [2.24, 2.45) is 11.7 Å². The molecule has 0 radical (unpaired) electrons. The first kappa shape index (κ1) is 17.5. The fourth-order valence-corrected chi connectivity index (χ4v) is 2.23. The highest BCUT2D eigenvalue weighted by atomic mass is 35.5. The molecule has 0 saturated carbocycles. The Morgan fingerprint density at radius 2 is 2.09 bits per heavy atom. The van der Waals surface area contributed by atoms with Crippen LogP contribution < -0.4 is 11.1 Å². The van der Waals surface area contributed by atoms with Gasteiger partial charge in [-0.1, -0.05) is 44.0 Å². The highest BCUT2D eigenvalue weighted by molar-refractivity contribution is 6.30. The first-order valence-electron chi connectivity index (χ1n) is 7.75. The maximum Gasteiger partial charge on any atom is 0.273 e. The van der Waals surface area contributed by atoms with Crippen LogP contribution in [-0.4, -0.2) is 17.4 Å². The Labute approximate surface area is 141 Å². The normalized spacial score (nSPS) is 13.6. The summed E-state index contributed by atoms with van der Waals surface area (Å²) in [5, 5.41) is 3.52. The molecule has 2 aromatic rings. The number of carbonyl (C=O) groups excluding carboxylic acids is 1. The SMILES string of the molecule is CCC(C)C(N)c1nc(C(=O)NCCc2ccc(Cl)cc2)co1. The number of nitrogens with two attached hydrogens (primary N) is 1. The molecule has 3 N–H and O–H groups in total. The molecule has 0 aliphatic carbocycles. The molecule has 0 aliphatic heterocycles. The summed E-state index contributed by atoms with van der Waals surface area (Å²) in [5.41, 5.74) is 7.42. The van der Waals surface area contributed by atoms with E-state index in [4.69, 9.17) is 21.8 Å². The van der Waals surface area contributed by atoms with Crippen molar-refractivity contribution in [2.45, 2.75) is 32.7 Å². The van der Waals surface area contributed by atoms with E-state index < -0.39 is 0 Å². The maximum absolute atomic E-state index is 12.1. The summed E-state index contributed by atoms with van der Waals surface area (Å²) in [6.07, 6.45) is 3.00. The number of amides is 1.